The highest BCUT2D eigenvalue weighted by Crippen LogP contribution is 2.40. The highest BCUT2D eigenvalue weighted by molar-refractivity contribution is 8.22. The molecule has 1 atom stereocenters. The second kappa shape index (κ2) is 3.98. The summed E-state index contributed by atoms with van der Waals surface area (Å²) in [5, 5.41) is 5.41. The van der Waals surface area contributed by atoms with E-state index in [2.05, 4.69) is 48.9 Å². The minimum absolute atomic E-state index is 0.0167. The molecule has 0 bridgehead atoms. The highest BCUT2D eigenvalue weighted by atomic mass is 32.2. The van der Waals surface area contributed by atoms with Gasteiger partial charge >= 0.3 is 0 Å². The van der Waals surface area contributed by atoms with Gasteiger partial charge in [-0.05, 0) is 31.3 Å². The van der Waals surface area contributed by atoms with E-state index >= 15 is 0 Å². The van der Waals surface area contributed by atoms with Crippen molar-refractivity contribution < 1.29 is 0 Å². The Kier molecular flexibility index (Phi) is 3.21. The van der Waals surface area contributed by atoms with Gasteiger partial charge in [0.05, 0.1) is 0 Å². The number of allylic oxidation sites excluding steroid dienone is 2. The molecule has 1 nitrogen and oxygen atoms in total. The van der Waals surface area contributed by atoms with E-state index in [0.29, 0.717) is 0 Å². The number of thiol groups is 1. The molecule has 0 N–H and O–H groups in total. The molecule has 1 aliphatic heterocycles. The van der Waals surface area contributed by atoms with Crippen LogP contribution in [0, 0.1) is 0 Å². The molecule has 0 radical (unpaired) electrons. The molecular formula is C9H17NS. The fourth-order valence-electron chi connectivity index (χ4n) is 1.39. The van der Waals surface area contributed by atoms with Crippen molar-refractivity contribution in [3.05, 3.63) is 23.0 Å². The topological polar surface area (TPSA) is 3.24 Å². The van der Waals surface area contributed by atoms with E-state index in [0.717, 1.165) is 5.37 Å². The zero-order valence-corrected chi connectivity index (χ0v) is 8.38. The average molecular weight is 171 g/mol. The van der Waals surface area contributed by atoms with Crippen LogP contribution in [0.4, 0.5) is 0 Å². The lowest BCUT2D eigenvalue weighted by atomic mass is 10.4. The molecule has 0 fully saturated rings. The molecule has 2 heteroatoms. The van der Waals surface area contributed by atoms with Crippen LogP contribution in [0.2, 0.25) is 0 Å². The van der Waals surface area contributed by atoms with Crippen molar-refractivity contribution in [2.45, 2.75) is 18.7 Å². The summed E-state index contributed by atoms with van der Waals surface area (Å²) < 4.78 is 0. The van der Waals surface area contributed by atoms with Crippen molar-refractivity contribution in [3.8, 4) is 0 Å². The maximum Gasteiger partial charge on any atom is 0.0435 e. The fourth-order valence-corrected chi connectivity index (χ4v) is 3.44. The van der Waals surface area contributed by atoms with E-state index in [1.165, 1.54) is 6.42 Å². The quantitative estimate of drug-likeness (QED) is 0.638. The van der Waals surface area contributed by atoms with Gasteiger partial charge in [-0.2, -0.15) is 10.9 Å². The summed E-state index contributed by atoms with van der Waals surface area (Å²) in [6.07, 6.45) is 5.57. The van der Waals surface area contributed by atoms with Crippen LogP contribution in [-0.2, 0) is 0 Å². The first kappa shape index (κ1) is 8.88. The Bertz CT molecular complexity index is 160. The Morgan fingerprint density at radius 1 is 1.27 bits per heavy atom. The molecule has 0 aliphatic carbocycles. The predicted octanol–water partition coefficient (Wildman–Crippen LogP) is 2.33. The van der Waals surface area contributed by atoms with Gasteiger partial charge in [-0.25, -0.2) is 0 Å². The summed E-state index contributed by atoms with van der Waals surface area (Å²) >= 11 is 0. The molecule has 0 saturated carbocycles. The maximum atomic E-state index is 2.34. The van der Waals surface area contributed by atoms with Gasteiger partial charge in [-0.3, -0.25) is 4.90 Å². The number of rotatable bonds is 3. The van der Waals surface area contributed by atoms with Crippen LogP contribution in [0.15, 0.2) is 23.0 Å². The van der Waals surface area contributed by atoms with Crippen molar-refractivity contribution >= 4 is 10.9 Å². The minimum Gasteiger partial charge on any atom is -0.299 e. The van der Waals surface area contributed by atoms with E-state index in [4.69, 9.17) is 0 Å². The third kappa shape index (κ3) is 2.11. The molecule has 0 amide bonds. The van der Waals surface area contributed by atoms with Gasteiger partial charge < -0.3 is 0 Å². The van der Waals surface area contributed by atoms with E-state index in [1.54, 1.807) is 0 Å². The van der Waals surface area contributed by atoms with Crippen LogP contribution < -0.4 is 0 Å². The van der Waals surface area contributed by atoms with Gasteiger partial charge in [0.1, 0.15) is 0 Å². The van der Waals surface area contributed by atoms with Crippen LogP contribution in [0.25, 0.3) is 0 Å². The summed E-state index contributed by atoms with van der Waals surface area (Å²) in [5.41, 5.74) is 0. The molecule has 0 saturated heterocycles. The fraction of sp³-hybridized carbons (Fsp3) is 0.556. The van der Waals surface area contributed by atoms with Crippen molar-refractivity contribution in [1.82, 2.24) is 4.90 Å². The second-order valence-corrected chi connectivity index (χ2v) is 5.07. The lowest BCUT2D eigenvalue weighted by Crippen LogP contribution is -2.25. The second-order valence-electron chi connectivity index (χ2n) is 2.98. The van der Waals surface area contributed by atoms with Crippen LogP contribution in [0.3, 0.4) is 0 Å². The first-order valence-corrected chi connectivity index (χ1v) is 5.59. The average Bonchev–Trinajstić information content (AvgIpc) is 2.40. The Hall–Kier alpha value is -0.210. The van der Waals surface area contributed by atoms with Crippen LogP contribution in [-0.4, -0.2) is 24.4 Å². The van der Waals surface area contributed by atoms with Gasteiger partial charge in [0, 0.05) is 5.37 Å². The first-order valence-electron chi connectivity index (χ1n) is 4.04. The summed E-state index contributed by atoms with van der Waals surface area (Å²) in [6.45, 7) is 2.26. The van der Waals surface area contributed by atoms with Crippen molar-refractivity contribution in [2.75, 3.05) is 14.1 Å². The van der Waals surface area contributed by atoms with Crippen LogP contribution in [0.1, 0.15) is 13.3 Å². The molecule has 0 aromatic rings. The van der Waals surface area contributed by atoms with Gasteiger partial charge in [0.15, 0.2) is 0 Å². The Morgan fingerprint density at radius 2 is 1.82 bits per heavy atom. The van der Waals surface area contributed by atoms with Gasteiger partial charge in [-0.15, -0.1) is 0 Å². The normalized spacial score (nSPS) is 21.6. The van der Waals surface area contributed by atoms with E-state index in [-0.39, 0.29) is 10.9 Å². The lowest BCUT2D eigenvalue weighted by Gasteiger charge is -2.29. The largest absolute Gasteiger partial charge is 0.299 e. The molecule has 1 aliphatic rings. The third-order valence-corrected chi connectivity index (χ3v) is 4.48. The van der Waals surface area contributed by atoms with Crippen molar-refractivity contribution in [2.24, 2.45) is 0 Å². The van der Waals surface area contributed by atoms with Gasteiger partial charge in [0.2, 0.25) is 0 Å². The third-order valence-electron chi connectivity index (χ3n) is 1.93. The van der Waals surface area contributed by atoms with E-state index < -0.39 is 0 Å². The Morgan fingerprint density at radius 3 is 2.18 bits per heavy atom. The number of hydrogen-bond donors (Lipinski definition) is 1. The Balaban J connectivity index is 2.55. The first-order chi connectivity index (χ1) is 5.25. The molecule has 0 aromatic carbocycles. The van der Waals surface area contributed by atoms with Gasteiger partial charge in [0.25, 0.3) is 0 Å². The monoisotopic (exact) mass is 171 g/mol. The lowest BCUT2D eigenvalue weighted by molar-refractivity contribution is 0.375. The molecule has 0 spiro atoms. The number of hydrogen-bond acceptors (Lipinski definition) is 1. The standard InChI is InChI=1S/C9H17NS/c1-4-9(10(2)3)11-7-5-6-8-11/h5-9,11H,4H2,1-3H3. The molecule has 64 valence electrons. The molecule has 1 heterocycles. The molecular weight excluding hydrogens is 154 g/mol. The van der Waals surface area contributed by atoms with Crippen molar-refractivity contribution in [3.63, 3.8) is 0 Å². The SMILES string of the molecule is CCC(N(C)C)[SH]1C=CC=C1. The Labute approximate surface area is 72.1 Å². The smallest absolute Gasteiger partial charge is 0.0435 e. The minimum atomic E-state index is 0.0167. The number of nitrogens with zero attached hydrogens (tertiary/aromatic N) is 1. The maximum absolute atomic E-state index is 2.34. The van der Waals surface area contributed by atoms with E-state index in [9.17, 15) is 0 Å². The van der Waals surface area contributed by atoms with E-state index in [1.807, 2.05) is 0 Å². The zero-order valence-electron chi connectivity index (χ0n) is 7.49. The predicted molar refractivity (Wildman–Crippen MR) is 55.0 cm³/mol. The summed E-state index contributed by atoms with van der Waals surface area (Å²) in [5.74, 6) is 0. The van der Waals surface area contributed by atoms with Gasteiger partial charge in [-0.1, -0.05) is 19.1 Å². The zero-order chi connectivity index (χ0) is 8.27. The van der Waals surface area contributed by atoms with Crippen molar-refractivity contribution in [1.29, 1.82) is 0 Å². The van der Waals surface area contributed by atoms with Crippen LogP contribution >= 0.6 is 10.9 Å². The summed E-state index contributed by atoms with van der Waals surface area (Å²) in [7, 11) is 4.34. The summed E-state index contributed by atoms with van der Waals surface area (Å²) in [4.78, 5) is 2.33. The highest BCUT2D eigenvalue weighted by Gasteiger charge is 2.14. The molecule has 1 rings (SSSR count). The summed E-state index contributed by atoms with van der Waals surface area (Å²) in [6, 6.07) is 0. The molecule has 11 heavy (non-hydrogen) atoms. The molecule has 1 unspecified atom stereocenters. The van der Waals surface area contributed by atoms with Crippen LogP contribution in [0.5, 0.6) is 0 Å². The molecule has 0 aromatic heterocycles.